The van der Waals surface area contributed by atoms with Crippen LogP contribution in [0.15, 0.2) is 49.1 Å². The Balaban J connectivity index is 1.91. The standard InChI is InChI=1S/C15H15ClN4/c1-17-14(8-11-2-4-12(16)5-3-11)13-9-19-20-7-6-18-10-15(13)20/h2-7,9-10,14,17H,8H2,1H3. The van der Waals surface area contributed by atoms with Gasteiger partial charge >= 0.3 is 0 Å². The van der Waals surface area contributed by atoms with E-state index in [1.807, 2.05) is 42.3 Å². The number of hydrogen-bond donors (Lipinski definition) is 1. The molecular weight excluding hydrogens is 272 g/mol. The molecule has 3 rings (SSSR count). The van der Waals surface area contributed by atoms with Crippen LogP contribution in [0.1, 0.15) is 17.2 Å². The molecule has 0 saturated carbocycles. The van der Waals surface area contributed by atoms with Crippen molar-refractivity contribution in [1.82, 2.24) is 19.9 Å². The van der Waals surface area contributed by atoms with E-state index in [0.717, 1.165) is 22.5 Å². The molecular formula is C15H15ClN4. The maximum Gasteiger partial charge on any atom is 0.0892 e. The summed E-state index contributed by atoms with van der Waals surface area (Å²) in [5, 5.41) is 8.46. The van der Waals surface area contributed by atoms with Gasteiger partial charge in [-0.25, -0.2) is 4.52 Å². The maximum absolute atomic E-state index is 5.92. The van der Waals surface area contributed by atoms with Crippen molar-refractivity contribution in [3.8, 4) is 0 Å². The van der Waals surface area contributed by atoms with Crippen LogP contribution in [-0.4, -0.2) is 21.6 Å². The quantitative estimate of drug-likeness (QED) is 0.802. The largest absolute Gasteiger partial charge is 0.313 e. The van der Waals surface area contributed by atoms with Crippen LogP contribution in [-0.2, 0) is 6.42 Å². The molecule has 102 valence electrons. The van der Waals surface area contributed by atoms with Crippen LogP contribution in [0.3, 0.4) is 0 Å². The highest BCUT2D eigenvalue weighted by Crippen LogP contribution is 2.22. The zero-order valence-corrected chi connectivity index (χ0v) is 11.9. The lowest BCUT2D eigenvalue weighted by Gasteiger charge is -2.15. The fourth-order valence-electron chi connectivity index (χ4n) is 2.34. The van der Waals surface area contributed by atoms with E-state index in [1.165, 1.54) is 5.56 Å². The van der Waals surface area contributed by atoms with Gasteiger partial charge in [-0.1, -0.05) is 23.7 Å². The van der Waals surface area contributed by atoms with Crippen molar-refractivity contribution in [3.05, 3.63) is 65.2 Å². The number of nitrogens with one attached hydrogen (secondary N) is 1. The average molecular weight is 287 g/mol. The number of hydrogen-bond acceptors (Lipinski definition) is 3. The van der Waals surface area contributed by atoms with Gasteiger partial charge in [0.1, 0.15) is 0 Å². The van der Waals surface area contributed by atoms with Gasteiger partial charge < -0.3 is 5.32 Å². The second-order valence-electron chi connectivity index (χ2n) is 4.68. The zero-order chi connectivity index (χ0) is 13.9. The third-order valence-corrected chi connectivity index (χ3v) is 3.68. The van der Waals surface area contributed by atoms with Gasteiger partial charge in [-0.2, -0.15) is 5.10 Å². The van der Waals surface area contributed by atoms with E-state index >= 15 is 0 Å². The number of likely N-dealkylation sites (N-methyl/N-ethyl adjacent to an activating group) is 1. The van der Waals surface area contributed by atoms with Gasteiger partial charge in [-0.15, -0.1) is 0 Å². The summed E-state index contributed by atoms with van der Waals surface area (Å²) in [6, 6.07) is 8.13. The van der Waals surface area contributed by atoms with Crippen LogP contribution < -0.4 is 5.32 Å². The summed E-state index contributed by atoms with van der Waals surface area (Å²) < 4.78 is 1.84. The van der Waals surface area contributed by atoms with Gasteiger partial charge in [0, 0.05) is 29.0 Å². The summed E-state index contributed by atoms with van der Waals surface area (Å²) >= 11 is 5.92. The number of benzene rings is 1. The van der Waals surface area contributed by atoms with Crippen molar-refractivity contribution in [2.45, 2.75) is 12.5 Å². The summed E-state index contributed by atoms with van der Waals surface area (Å²) in [4.78, 5) is 4.18. The molecule has 1 aromatic carbocycles. The van der Waals surface area contributed by atoms with Crippen LogP contribution in [0.4, 0.5) is 0 Å². The van der Waals surface area contributed by atoms with Gasteiger partial charge in [0.05, 0.1) is 17.9 Å². The second kappa shape index (κ2) is 5.61. The number of aromatic nitrogens is 3. The molecule has 20 heavy (non-hydrogen) atoms. The van der Waals surface area contributed by atoms with E-state index in [2.05, 4.69) is 27.5 Å². The molecule has 0 amide bonds. The first-order valence-corrected chi connectivity index (χ1v) is 6.84. The topological polar surface area (TPSA) is 42.2 Å². The highest BCUT2D eigenvalue weighted by Gasteiger charge is 2.15. The average Bonchev–Trinajstić information content (AvgIpc) is 2.91. The smallest absolute Gasteiger partial charge is 0.0892 e. The van der Waals surface area contributed by atoms with Crippen molar-refractivity contribution in [2.75, 3.05) is 7.05 Å². The highest BCUT2D eigenvalue weighted by molar-refractivity contribution is 6.30. The zero-order valence-electron chi connectivity index (χ0n) is 11.1. The molecule has 1 unspecified atom stereocenters. The van der Waals surface area contributed by atoms with E-state index in [0.29, 0.717) is 0 Å². The molecule has 0 aliphatic carbocycles. The molecule has 0 aliphatic heterocycles. The first-order chi connectivity index (χ1) is 9.78. The fourth-order valence-corrected chi connectivity index (χ4v) is 2.47. The minimum absolute atomic E-state index is 0.192. The first-order valence-electron chi connectivity index (χ1n) is 6.47. The fraction of sp³-hybridized carbons (Fsp3) is 0.200. The third kappa shape index (κ3) is 2.53. The molecule has 1 atom stereocenters. The Morgan fingerprint density at radius 3 is 2.80 bits per heavy atom. The number of nitrogens with zero attached hydrogens (tertiary/aromatic N) is 3. The summed E-state index contributed by atoms with van der Waals surface area (Å²) in [6.07, 6.45) is 8.21. The summed E-state index contributed by atoms with van der Waals surface area (Å²) in [7, 11) is 1.96. The van der Waals surface area contributed by atoms with Crippen molar-refractivity contribution in [2.24, 2.45) is 0 Å². The number of halogens is 1. The Morgan fingerprint density at radius 2 is 2.05 bits per heavy atom. The van der Waals surface area contributed by atoms with Gasteiger partial charge in [0.2, 0.25) is 0 Å². The van der Waals surface area contributed by atoms with Crippen molar-refractivity contribution in [1.29, 1.82) is 0 Å². The third-order valence-electron chi connectivity index (χ3n) is 3.43. The predicted octanol–water partition coefficient (Wildman–Crippen LogP) is 2.89. The summed E-state index contributed by atoms with van der Waals surface area (Å²) in [5.74, 6) is 0. The van der Waals surface area contributed by atoms with Gasteiger partial charge in [-0.3, -0.25) is 4.98 Å². The van der Waals surface area contributed by atoms with Crippen LogP contribution >= 0.6 is 11.6 Å². The van der Waals surface area contributed by atoms with Gasteiger partial charge in [0.25, 0.3) is 0 Å². The molecule has 3 aromatic rings. The maximum atomic E-state index is 5.92. The lowest BCUT2D eigenvalue weighted by molar-refractivity contribution is 0.596. The molecule has 5 heteroatoms. The molecule has 2 heterocycles. The molecule has 0 fully saturated rings. The Hall–Kier alpha value is -1.91. The molecule has 0 saturated heterocycles. The van der Waals surface area contributed by atoms with Crippen LogP contribution in [0.2, 0.25) is 5.02 Å². The SMILES string of the molecule is CNC(Cc1ccc(Cl)cc1)c1cnn2ccncc12. The van der Waals surface area contributed by atoms with E-state index in [4.69, 9.17) is 11.6 Å². The molecule has 0 spiro atoms. The van der Waals surface area contributed by atoms with E-state index < -0.39 is 0 Å². The predicted molar refractivity (Wildman–Crippen MR) is 79.9 cm³/mol. The molecule has 0 bridgehead atoms. The second-order valence-corrected chi connectivity index (χ2v) is 5.11. The number of rotatable bonds is 4. The number of fused-ring (bicyclic) bond motifs is 1. The molecule has 1 N–H and O–H groups in total. The minimum atomic E-state index is 0.192. The van der Waals surface area contributed by atoms with Crippen LogP contribution in [0, 0.1) is 0 Å². The Labute approximate surface area is 122 Å². The Kier molecular flexibility index (Phi) is 3.67. The molecule has 4 nitrogen and oxygen atoms in total. The van der Waals surface area contributed by atoms with E-state index in [1.54, 1.807) is 6.20 Å². The molecule has 0 radical (unpaired) electrons. The van der Waals surface area contributed by atoms with E-state index in [-0.39, 0.29) is 6.04 Å². The Morgan fingerprint density at radius 1 is 1.25 bits per heavy atom. The van der Waals surface area contributed by atoms with Gasteiger partial charge in [-0.05, 0) is 31.2 Å². The molecule has 2 aromatic heterocycles. The Bertz CT molecular complexity index is 705. The van der Waals surface area contributed by atoms with Crippen molar-refractivity contribution >= 4 is 17.1 Å². The monoisotopic (exact) mass is 286 g/mol. The van der Waals surface area contributed by atoms with Crippen LogP contribution in [0.5, 0.6) is 0 Å². The highest BCUT2D eigenvalue weighted by atomic mass is 35.5. The van der Waals surface area contributed by atoms with Crippen LogP contribution in [0.25, 0.3) is 5.52 Å². The lowest BCUT2D eigenvalue weighted by Crippen LogP contribution is -2.18. The van der Waals surface area contributed by atoms with Gasteiger partial charge in [0.15, 0.2) is 0 Å². The minimum Gasteiger partial charge on any atom is -0.313 e. The van der Waals surface area contributed by atoms with E-state index in [9.17, 15) is 0 Å². The summed E-state index contributed by atoms with van der Waals surface area (Å²) in [5.41, 5.74) is 3.41. The van der Waals surface area contributed by atoms with Crippen molar-refractivity contribution < 1.29 is 0 Å². The lowest BCUT2D eigenvalue weighted by atomic mass is 10.0. The summed E-state index contributed by atoms with van der Waals surface area (Å²) in [6.45, 7) is 0. The van der Waals surface area contributed by atoms with Crippen molar-refractivity contribution in [3.63, 3.8) is 0 Å². The molecule has 0 aliphatic rings. The normalized spacial score (nSPS) is 12.7. The first kappa shape index (κ1) is 13.1.